The average Bonchev–Trinajstić information content (AvgIpc) is 2.59. The lowest BCUT2D eigenvalue weighted by Gasteiger charge is -2.14. The molecule has 2 rings (SSSR count). The summed E-state index contributed by atoms with van der Waals surface area (Å²) in [4.78, 5) is 11.7. The second-order valence-electron chi connectivity index (χ2n) is 3.30. The number of benzene rings is 1. The summed E-state index contributed by atoms with van der Waals surface area (Å²) in [6.07, 6.45) is 0.0891. The van der Waals surface area contributed by atoms with Crippen LogP contribution in [0.15, 0.2) is 17.2 Å². The maximum Gasteiger partial charge on any atom is 0.256 e. The molecule has 0 unspecified atom stereocenters. The van der Waals surface area contributed by atoms with E-state index < -0.39 is 0 Å². The summed E-state index contributed by atoms with van der Waals surface area (Å²) in [5, 5.41) is 6.02. The average molecular weight is 294 g/mol. The number of hydrogen-bond acceptors (Lipinski definition) is 3. The molecule has 7 heteroatoms. The minimum Gasteiger partial charge on any atom is -0.483 e. The summed E-state index contributed by atoms with van der Waals surface area (Å²) in [6, 6.07) is 3.00. The molecule has 0 saturated heterocycles. The van der Waals surface area contributed by atoms with Gasteiger partial charge in [0, 0.05) is 5.02 Å². The summed E-state index contributed by atoms with van der Waals surface area (Å²) >= 11 is 17.8. The third-order valence-electron chi connectivity index (χ3n) is 2.18. The topological polar surface area (TPSA) is 41.9 Å². The maximum absolute atomic E-state index is 11.7. The first-order valence-electron chi connectivity index (χ1n) is 4.62. The third kappa shape index (κ3) is 2.34. The number of hydrogen-bond donors (Lipinski definition) is 0. The molecule has 1 amide bonds. The second-order valence-corrected chi connectivity index (χ2v) is 4.55. The van der Waals surface area contributed by atoms with Crippen LogP contribution in [0.1, 0.15) is 6.42 Å². The molecule has 0 aliphatic carbocycles. The van der Waals surface area contributed by atoms with Crippen molar-refractivity contribution in [3.63, 3.8) is 0 Å². The van der Waals surface area contributed by atoms with E-state index in [4.69, 9.17) is 39.5 Å². The lowest BCUT2D eigenvalue weighted by atomic mass is 10.3. The van der Waals surface area contributed by atoms with Gasteiger partial charge in [-0.3, -0.25) is 4.79 Å². The second kappa shape index (κ2) is 4.72. The number of hydrazone groups is 1. The van der Waals surface area contributed by atoms with Gasteiger partial charge in [-0.1, -0.05) is 34.8 Å². The van der Waals surface area contributed by atoms with Gasteiger partial charge in [-0.25, -0.2) is 0 Å². The predicted octanol–water partition coefficient (Wildman–Crippen LogP) is 3.34. The highest BCUT2D eigenvalue weighted by atomic mass is 35.5. The third-order valence-corrected chi connectivity index (χ3v) is 2.97. The number of carbonyl (C=O) groups excluding carboxylic acids is 1. The number of rotatable bonds is 1. The molecule has 1 aliphatic rings. The molecule has 0 bridgehead atoms. The first-order valence-corrected chi connectivity index (χ1v) is 5.75. The largest absolute Gasteiger partial charge is 0.483 e. The Balaban J connectivity index is 2.48. The van der Waals surface area contributed by atoms with Crippen molar-refractivity contribution in [2.24, 2.45) is 5.10 Å². The quantitative estimate of drug-likeness (QED) is 0.797. The van der Waals surface area contributed by atoms with Crippen molar-refractivity contribution in [1.29, 1.82) is 0 Å². The molecule has 0 aromatic heterocycles. The fourth-order valence-corrected chi connectivity index (χ4v) is 2.41. The molecule has 0 atom stereocenters. The van der Waals surface area contributed by atoms with Gasteiger partial charge in [0.25, 0.3) is 5.91 Å². The van der Waals surface area contributed by atoms with Crippen molar-refractivity contribution in [3.8, 4) is 0 Å². The SMILES string of the molecule is COC1=NN(c2c(Cl)cc(Cl)cc2Cl)C(=O)C1. The molecule has 1 aromatic carbocycles. The minimum atomic E-state index is -0.257. The molecular formula is C10H7Cl3N2O2. The monoisotopic (exact) mass is 292 g/mol. The fourth-order valence-electron chi connectivity index (χ4n) is 1.43. The molecule has 0 radical (unpaired) electrons. The summed E-state index contributed by atoms with van der Waals surface area (Å²) in [7, 11) is 1.45. The molecule has 1 aromatic rings. The van der Waals surface area contributed by atoms with Crippen LogP contribution in [0.3, 0.4) is 0 Å². The smallest absolute Gasteiger partial charge is 0.256 e. The molecule has 0 spiro atoms. The van der Waals surface area contributed by atoms with Gasteiger partial charge in [0.1, 0.15) is 12.1 Å². The van der Waals surface area contributed by atoms with Gasteiger partial charge in [-0.2, -0.15) is 5.01 Å². The Morgan fingerprint density at radius 3 is 2.35 bits per heavy atom. The van der Waals surface area contributed by atoms with Crippen molar-refractivity contribution < 1.29 is 9.53 Å². The van der Waals surface area contributed by atoms with E-state index in [-0.39, 0.29) is 22.4 Å². The molecule has 90 valence electrons. The highest BCUT2D eigenvalue weighted by Crippen LogP contribution is 2.38. The van der Waals surface area contributed by atoms with Gasteiger partial charge in [0.2, 0.25) is 5.90 Å². The van der Waals surface area contributed by atoms with Crippen LogP contribution in [0.2, 0.25) is 15.1 Å². The number of anilines is 1. The number of halogens is 3. The number of ether oxygens (including phenoxy) is 1. The van der Waals surface area contributed by atoms with Gasteiger partial charge >= 0.3 is 0 Å². The maximum atomic E-state index is 11.7. The van der Waals surface area contributed by atoms with Gasteiger partial charge in [0.05, 0.1) is 17.2 Å². The Bertz CT molecular complexity index is 493. The number of amides is 1. The van der Waals surface area contributed by atoms with Gasteiger partial charge in [-0.15, -0.1) is 5.10 Å². The van der Waals surface area contributed by atoms with E-state index in [1.807, 2.05) is 0 Å². The first-order chi connectivity index (χ1) is 8.02. The minimum absolute atomic E-state index is 0.0891. The summed E-state index contributed by atoms with van der Waals surface area (Å²) in [5.41, 5.74) is 0.315. The van der Waals surface area contributed by atoms with Crippen LogP contribution in [0.4, 0.5) is 5.69 Å². The number of carbonyl (C=O) groups is 1. The van der Waals surface area contributed by atoms with Gasteiger partial charge < -0.3 is 4.74 Å². The normalized spacial score (nSPS) is 15.2. The molecule has 4 nitrogen and oxygen atoms in total. The van der Waals surface area contributed by atoms with E-state index in [0.29, 0.717) is 16.6 Å². The van der Waals surface area contributed by atoms with E-state index in [9.17, 15) is 4.79 Å². The van der Waals surface area contributed by atoms with E-state index in [1.54, 1.807) is 0 Å². The zero-order valence-corrected chi connectivity index (χ0v) is 11.0. The van der Waals surface area contributed by atoms with Crippen LogP contribution < -0.4 is 5.01 Å². The lowest BCUT2D eigenvalue weighted by Crippen LogP contribution is -2.20. The molecule has 0 saturated carbocycles. The van der Waals surface area contributed by atoms with Crippen molar-refractivity contribution in [2.45, 2.75) is 6.42 Å². The van der Waals surface area contributed by atoms with Crippen LogP contribution in [-0.2, 0) is 9.53 Å². The zero-order valence-electron chi connectivity index (χ0n) is 8.71. The number of methoxy groups -OCH3 is 1. The summed E-state index contributed by atoms with van der Waals surface area (Å²) in [5.74, 6) is 0.0602. The van der Waals surface area contributed by atoms with Crippen LogP contribution in [0, 0.1) is 0 Å². The van der Waals surface area contributed by atoms with Crippen molar-refractivity contribution >= 4 is 52.3 Å². The Labute approximate surface area is 113 Å². The Morgan fingerprint density at radius 1 is 1.29 bits per heavy atom. The Kier molecular flexibility index (Phi) is 3.47. The van der Waals surface area contributed by atoms with E-state index in [0.717, 1.165) is 5.01 Å². The van der Waals surface area contributed by atoms with Crippen LogP contribution in [-0.4, -0.2) is 18.9 Å². The Hall–Kier alpha value is -0.970. The highest BCUT2D eigenvalue weighted by molar-refractivity contribution is 6.42. The summed E-state index contributed by atoms with van der Waals surface area (Å²) in [6.45, 7) is 0. The molecule has 1 heterocycles. The molecule has 0 fully saturated rings. The van der Waals surface area contributed by atoms with Crippen LogP contribution >= 0.6 is 34.8 Å². The van der Waals surface area contributed by atoms with Gasteiger partial charge in [0.15, 0.2) is 0 Å². The molecular weight excluding hydrogens is 286 g/mol. The standard InChI is InChI=1S/C10H7Cl3N2O2/c1-17-8-4-9(16)15(14-8)10-6(12)2-5(11)3-7(10)13/h2-3H,4H2,1H3. The zero-order chi connectivity index (χ0) is 12.6. The molecule has 0 N–H and O–H groups in total. The van der Waals surface area contributed by atoms with Crippen molar-refractivity contribution in [3.05, 3.63) is 27.2 Å². The van der Waals surface area contributed by atoms with E-state index in [1.165, 1.54) is 19.2 Å². The fraction of sp³-hybridized carbons (Fsp3) is 0.200. The number of nitrogens with zero attached hydrogens (tertiary/aromatic N) is 2. The molecule has 1 aliphatic heterocycles. The lowest BCUT2D eigenvalue weighted by molar-refractivity contribution is -0.117. The summed E-state index contributed by atoms with van der Waals surface area (Å²) < 4.78 is 4.91. The first kappa shape index (κ1) is 12.5. The highest BCUT2D eigenvalue weighted by Gasteiger charge is 2.29. The van der Waals surface area contributed by atoms with Crippen molar-refractivity contribution in [2.75, 3.05) is 12.1 Å². The van der Waals surface area contributed by atoms with Crippen molar-refractivity contribution in [1.82, 2.24) is 0 Å². The molecule has 17 heavy (non-hydrogen) atoms. The van der Waals surface area contributed by atoms with Crippen LogP contribution in [0.25, 0.3) is 0 Å². The van der Waals surface area contributed by atoms with Crippen LogP contribution in [0.5, 0.6) is 0 Å². The van der Waals surface area contributed by atoms with E-state index >= 15 is 0 Å². The van der Waals surface area contributed by atoms with Gasteiger partial charge in [-0.05, 0) is 12.1 Å². The predicted molar refractivity (Wildman–Crippen MR) is 68.0 cm³/mol. The van der Waals surface area contributed by atoms with E-state index in [2.05, 4.69) is 5.10 Å². The Morgan fingerprint density at radius 2 is 1.88 bits per heavy atom.